The van der Waals surface area contributed by atoms with E-state index >= 15 is 0 Å². The summed E-state index contributed by atoms with van der Waals surface area (Å²) in [6.45, 7) is 2.08. The lowest BCUT2D eigenvalue weighted by molar-refractivity contribution is 0.732. The van der Waals surface area contributed by atoms with Gasteiger partial charge in [-0.15, -0.1) is 0 Å². The Morgan fingerprint density at radius 2 is 2.00 bits per heavy atom. The molecule has 1 N–H and O–H groups in total. The zero-order valence-electron chi connectivity index (χ0n) is 7.42. The third-order valence-corrected chi connectivity index (χ3v) is 2.27. The van der Waals surface area contributed by atoms with Crippen LogP contribution < -0.4 is 5.32 Å². The van der Waals surface area contributed by atoms with Gasteiger partial charge in [-0.25, -0.2) is 0 Å². The van der Waals surface area contributed by atoms with E-state index in [1.54, 1.807) is 0 Å². The number of benzene rings is 1. The van der Waals surface area contributed by atoms with Gasteiger partial charge in [-0.05, 0) is 11.8 Å². The second-order valence-corrected chi connectivity index (χ2v) is 3.64. The second kappa shape index (κ2) is 6.09. The van der Waals surface area contributed by atoms with Crippen LogP contribution in [0.1, 0.15) is 5.56 Å². The fourth-order valence-electron chi connectivity index (χ4n) is 1.00. The lowest BCUT2D eigenvalue weighted by atomic mass is 10.2. The number of rotatable bonds is 5. The molecule has 1 aromatic rings. The molecule has 0 aromatic heterocycles. The van der Waals surface area contributed by atoms with Crippen molar-refractivity contribution in [1.82, 2.24) is 5.32 Å². The molecule has 0 spiro atoms. The molecule has 2 heteroatoms. The molecule has 0 saturated heterocycles. The molecule has 0 aliphatic carbocycles. The first-order valence-electron chi connectivity index (χ1n) is 4.17. The van der Waals surface area contributed by atoms with Crippen LogP contribution in [0.15, 0.2) is 30.3 Å². The first-order chi connectivity index (χ1) is 5.93. The molecule has 1 nitrogen and oxygen atoms in total. The summed E-state index contributed by atoms with van der Waals surface area (Å²) in [6.07, 6.45) is 2.13. The third kappa shape index (κ3) is 3.79. The highest BCUT2D eigenvalue weighted by Gasteiger charge is 1.88. The number of nitrogens with one attached hydrogen (secondary N) is 1. The SMILES string of the molecule is CSCCNCc1ccccc1. The van der Waals surface area contributed by atoms with Crippen molar-refractivity contribution in [3.63, 3.8) is 0 Å². The highest BCUT2D eigenvalue weighted by atomic mass is 32.2. The summed E-state index contributed by atoms with van der Waals surface area (Å²) < 4.78 is 0. The van der Waals surface area contributed by atoms with Gasteiger partial charge in [0.05, 0.1) is 0 Å². The molecule has 12 heavy (non-hydrogen) atoms. The zero-order valence-corrected chi connectivity index (χ0v) is 8.23. The van der Waals surface area contributed by atoms with Crippen LogP contribution in [-0.4, -0.2) is 18.6 Å². The minimum atomic E-state index is 0.987. The average Bonchev–Trinajstić information content (AvgIpc) is 2.14. The van der Waals surface area contributed by atoms with Crippen LogP contribution in [0.4, 0.5) is 0 Å². The van der Waals surface area contributed by atoms with Crippen LogP contribution in [-0.2, 0) is 6.54 Å². The van der Waals surface area contributed by atoms with Gasteiger partial charge in [-0.2, -0.15) is 11.8 Å². The molecule has 0 unspecified atom stereocenters. The maximum atomic E-state index is 3.38. The van der Waals surface area contributed by atoms with Crippen molar-refractivity contribution in [2.45, 2.75) is 6.54 Å². The van der Waals surface area contributed by atoms with Gasteiger partial charge >= 0.3 is 0 Å². The molecule has 0 aliphatic heterocycles. The van der Waals surface area contributed by atoms with Crippen LogP contribution in [0.3, 0.4) is 0 Å². The normalized spacial score (nSPS) is 10.1. The highest BCUT2D eigenvalue weighted by Crippen LogP contribution is 1.97. The number of hydrogen-bond acceptors (Lipinski definition) is 2. The lowest BCUT2D eigenvalue weighted by Crippen LogP contribution is -2.16. The average molecular weight is 181 g/mol. The molecule has 1 rings (SSSR count). The molecule has 0 saturated carbocycles. The molecule has 0 fully saturated rings. The van der Waals surface area contributed by atoms with E-state index in [1.807, 2.05) is 17.8 Å². The van der Waals surface area contributed by atoms with Crippen LogP contribution in [0.25, 0.3) is 0 Å². The van der Waals surface area contributed by atoms with Gasteiger partial charge in [0.1, 0.15) is 0 Å². The summed E-state index contributed by atoms with van der Waals surface area (Å²) in [6, 6.07) is 10.5. The van der Waals surface area contributed by atoms with E-state index in [9.17, 15) is 0 Å². The third-order valence-electron chi connectivity index (χ3n) is 1.65. The molecule has 0 radical (unpaired) electrons. The Labute approximate surface area is 78.6 Å². The largest absolute Gasteiger partial charge is 0.312 e. The molecule has 66 valence electrons. The quantitative estimate of drug-likeness (QED) is 0.698. The van der Waals surface area contributed by atoms with Crippen LogP contribution in [0, 0.1) is 0 Å². The first kappa shape index (κ1) is 9.62. The topological polar surface area (TPSA) is 12.0 Å². The molecule has 0 atom stereocenters. The van der Waals surface area contributed by atoms with Crippen molar-refractivity contribution < 1.29 is 0 Å². The maximum Gasteiger partial charge on any atom is 0.0205 e. The summed E-state index contributed by atoms with van der Waals surface area (Å²) in [7, 11) is 0. The Morgan fingerprint density at radius 3 is 2.67 bits per heavy atom. The molecule has 0 bridgehead atoms. The van der Waals surface area contributed by atoms with Gasteiger partial charge in [-0.3, -0.25) is 0 Å². The van der Waals surface area contributed by atoms with E-state index in [2.05, 4.69) is 35.8 Å². The van der Waals surface area contributed by atoms with Gasteiger partial charge < -0.3 is 5.32 Å². The minimum Gasteiger partial charge on any atom is -0.312 e. The maximum absolute atomic E-state index is 3.38. The summed E-state index contributed by atoms with van der Waals surface area (Å²) in [5, 5.41) is 3.38. The summed E-state index contributed by atoms with van der Waals surface area (Å²) in [5.41, 5.74) is 1.36. The second-order valence-electron chi connectivity index (χ2n) is 2.66. The van der Waals surface area contributed by atoms with E-state index in [0.29, 0.717) is 0 Å². The molecular formula is C10H15NS. The number of hydrogen-bond donors (Lipinski definition) is 1. The Balaban J connectivity index is 2.16. The van der Waals surface area contributed by atoms with E-state index in [1.165, 1.54) is 11.3 Å². The lowest BCUT2D eigenvalue weighted by Gasteiger charge is -2.02. The van der Waals surface area contributed by atoms with Crippen molar-refractivity contribution in [1.29, 1.82) is 0 Å². The summed E-state index contributed by atoms with van der Waals surface area (Å²) in [5.74, 6) is 1.19. The van der Waals surface area contributed by atoms with Crippen molar-refractivity contribution >= 4 is 11.8 Å². The molecular weight excluding hydrogens is 166 g/mol. The van der Waals surface area contributed by atoms with Gasteiger partial charge in [0.15, 0.2) is 0 Å². The van der Waals surface area contributed by atoms with Crippen LogP contribution in [0.5, 0.6) is 0 Å². The Bertz CT molecular complexity index is 198. The van der Waals surface area contributed by atoms with Gasteiger partial charge in [0.2, 0.25) is 0 Å². The molecule has 1 aromatic carbocycles. The molecule has 0 heterocycles. The van der Waals surface area contributed by atoms with Gasteiger partial charge in [0.25, 0.3) is 0 Å². The smallest absolute Gasteiger partial charge is 0.0205 e. The summed E-state index contributed by atoms with van der Waals surface area (Å²) in [4.78, 5) is 0. The summed E-state index contributed by atoms with van der Waals surface area (Å²) >= 11 is 1.87. The van der Waals surface area contributed by atoms with Crippen LogP contribution in [0.2, 0.25) is 0 Å². The van der Waals surface area contributed by atoms with E-state index in [4.69, 9.17) is 0 Å². The monoisotopic (exact) mass is 181 g/mol. The van der Waals surface area contributed by atoms with Gasteiger partial charge in [-0.1, -0.05) is 30.3 Å². The van der Waals surface area contributed by atoms with Crippen molar-refractivity contribution in [3.8, 4) is 0 Å². The number of thioether (sulfide) groups is 1. The van der Waals surface area contributed by atoms with E-state index < -0.39 is 0 Å². The minimum absolute atomic E-state index is 0.987. The highest BCUT2D eigenvalue weighted by molar-refractivity contribution is 7.98. The standard InChI is InChI=1S/C10H15NS/c1-12-8-7-11-9-10-5-3-2-4-6-10/h2-6,11H,7-9H2,1H3. The molecule has 0 amide bonds. The van der Waals surface area contributed by atoms with Crippen molar-refractivity contribution in [3.05, 3.63) is 35.9 Å². The Morgan fingerprint density at radius 1 is 1.25 bits per heavy atom. The zero-order chi connectivity index (χ0) is 8.65. The van der Waals surface area contributed by atoms with Crippen molar-refractivity contribution in [2.75, 3.05) is 18.6 Å². The van der Waals surface area contributed by atoms with E-state index in [0.717, 1.165) is 13.1 Å². The molecule has 0 aliphatic rings. The Kier molecular flexibility index (Phi) is 4.88. The van der Waals surface area contributed by atoms with Crippen LogP contribution >= 0.6 is 11.8 Å². The first-order valence-corrected chi connectivity index (χ1v) is 5.56. The fraction of sp³-hybridized carbons (Fsp3) is 0.400. The van der Waals surface area contributed by atoms with Crippen molar-refractivity contribution in [2.24, 2.45) is 0 Å². The predicted octanol–water partition coefficient (Wildman–Crippen LogP) is 2.14. The van der Waals surface area contributed by atoms with E-state index in [-0.39, 0.29) is 0 Å². The fourth-order valence-corrected chi connectivity index (χ4v) is 1.35. The van der Waals surface area contributed by atoms with Gasteiger partial charge in [0, 0.05) is 18.8 Å². The predicted molar refractivity (Wildman–Crippen MR) is 56.5 cm³/mol. The Hall–Kier alpha value is -0.470.